The molecule has 12 nitrogen and oxygen atoms in total. The Kier molecular flexibility index (Phi) is 18.0. The lowest BCUT2D eigenvalue weighted by atomic mass is 10.1. The Balaban J connectivity index is 2.25. The third kappa shape index (κ3) is 12.9. The number of amides is 1. The number of nitrogens with zero attached hydrogens (tertiary/aromatic N) is 3. The standard InChI is InChI=1S/C35H53N5O7/c1-7-15-28(36)32-33(37-6)34(39-30(9-3)38-32)46-24-31(42)40(22-14-12-13-17-26(41)23-44-10-4)25-18-20-27(21-19-25)47-29(16-8-2)35(43)45-11-5/h18-21,29,36-37H,7-17,22-24H2,1-6H3. The summed E-state index contributed by atoms with van der Waals surface area (Å²) in [6, 6.07) is 7.01. The van der Waals surface area contributed by atoms with Gasteiger partial charge in [-0.2, -0.15) is 4.98 Å². The maximum absolute atomic E-state index is 13.7. The van der Waals surface area contributed by atoms with E-state index in [9.17, 15) is 14.4 Å². The molecule has 1 aromatic heterocycles. The molecule has 0 saturated carbocycles. The van der Waals surface area contributed by atoms with Crippen molar-refractivity contribution in [1.82, 2.24) is 9.97 Å². The van der Waals surface area contributed by atoms with Crippen LogP contribution in [0.2, 0.25) is 0 Å². The van der Waals surface area contributed by atoms with E-state index in [0.717, 1.165) is 19.3 Å². The summed E-state index contributed by atoms with van der Waals surface area (Å²) in [5.41, 5.74) is 1.95. The van der Waals surface area contributed by atoms with E-state index < -0.39 is 12.1 Å². The Hall–Kier alpha value is -4.06. The second-order valence-electron chi connectivity index (χ2n) is 11.0. The Labute approximate surface area is 279 Å². The van der Waals surface area contributed by atoms with Crippen LogP contribution in [0.5, 0.6) is 11.6 Å². The number of anilines is 2. The molecule has 2 rings (SSSR count). The van der Waals surface area contributed by atoms with E-state index in [1.165, 1.54) is 0 Å². The molecule has 12 heteroatoms. The molecule has 260 valence electrons. The van der Waals surface area contributed by atoms with Gasteiger partial charge in [-0.3, -0.25) is 9.59 Å². The molecule has 1 unspecified atom stereocenters. The number of aryl methyl sites for hydroxylation is 1. The highest BCUT2D eigenvalue weighted by molar-refractivity contribution is 6.02. The number of carbonyl (C=O) groups is 3. The number of ketones is 1. The molecule has 0 aliphatic carbocycles. The van der Waals surface area contributed by atoms with Crippen molar-refractivity contribution in [1.29, 1.82) is 5.41 Å². The van der Waals surface area contributed by atoms with Crippen molar-refractivity contribution in [3.05, 3.63) is 35.8 Å². The van der Waals surface area contributed by atoms with Crippen LogP contribution in [0.25, 0.3) is 0 Å². The fourth-order valence-corrected chi connectivity index (χ4v) is 4.81. The third-order valence-corrected chi connectivity index (χ3v) is 7.24. The van der Waals surface area contributed by atoms with Crippen LogP contribution >= 0.6 is 0 Å². The first-order chi connectivity index (χ1) is 22.7. The van der Waals surface area contributed by atoms with E-state index in [0.29, 0.717) is 86.0 Å². The van der Waals surface area contributed by atoms with E-state index in [4.69, 9.17) is 24.4 Å². The molecule has 0 aliphatic heterocycles. The summed E-state index contributed by atoms with van der Waals surface area (Å²) in [4.78, 5) is 48.8. The average Bonchev–Trinajstić information content (AvgIpc) is 3.07. The van der Waals surface area contributed by atoms with Crippen LogP contribution in [0.4, 0.5) is 11.4 Å². The molecule has 0 spiro atoms. The molecule has 1 heterocycles. The smallest absolute Gasteiger partial charge is 0.347 e. The zero-order chi connectivity index (χ0) is 34.6. The second-order valence-corrected chi connectivity index (χ2v) is 11.0. The molecule has 1 atom stereocenters. The van der Waals surface area contributed by atoms with E-state index in [1.807, 2.05) is 27.7 Å². The number of aromatic nitrogens is 2. The molecule has 0 aliphatic rings. The monoisotopic (exact) mass is 655 g/mol. The molecular formula is C35H53N5O7. The molecule has 1 amide bonds. The van der Waals surface area contributed by atoms with Gasteiger partial charge in [-0.25, -0.2) is 9.78 Å². The van der Waals surface area contributed by atoms with E-state index in [-0.39, 0.29) is 37.4 Å². The Morgan fingerprint density at radius 3 is 2.28 bits per heavy atom. The number of Topliss-reactive ketones (excluding diaryl/α,β-unsaturated/α-hetero) is 1. The minimum absolute atomic E-state index is 0.0657. The number of rotatable bonds is 24. The van der Waals surface area contributed by atoms with Crippen LogP contribution in [-0.4, -0.2) is 79.5 Å². The molecule has 1 aromatic carbocycles. The molecule has 0 bridgehead atoms. The van der Waals surface area contributed by atoms with Crippen LogP contribution in [0.3, 0.4) is 0 Å². The van der Waals surface area contributed by atoms with Crippen molar-refractivity contribution in [2.45, 2.75) is 98.5 Å². The Morgan fingerprint density at radius 2 is 1.66 bits per heavy atom. The normalized spacial score (nSPS) is 11.4. The van der Waals surface area contributed by atoms with Crippen LogP contribution in [0.1, 0.15) is 97.5 Å². The summed E-state index contributed by atoms with van der Waals surface area (Å²) < 4.78 is 22.3. The van der Waals surface area contributed by atoms with E-state index in [1.54, 1.807) is 43.1 Å². The van der Waals surface area contributed by atoms with Crippen LogP contribution in [0, 0.1) is 5.41 Å². The van der Waals surface area contributed by atoms with Crippen molar-refractivity contribution < 1.29 is 33.3 Å². The lowest BCUT2D eigenvalue weighted by molar-refractivity contribution is -0.151. The number of hydrogen-bond acceptors (Lipinski definition) is 11. The minimum atomic E-state index is -0.715. The van der Waals surface area contributed by atoms with Crippen LogP contribution < -0.4 is 19.7 Å². The van der Waals surface area contributed by atoms with Gasteiger partial charge in [0.2, 0.25) is 5.88 Å². The maximum atomic E-state index is 13.7. The lowest BCUT2D eigenvalue weighted by Crippen LogP contribution is -2.36. The van der Waals surface area contributed by atoms with Gasteiger partial charge in [0.1, 0.15) is 29.6 Å². The highest BCUT2D eigenvalue weighted by atomic mass is 16.6. The van der Waals surface area contributed by atoms with Crippen molar-refractivity contribution in [2.24, 2.45) is 0 Å². The number of carbonyl (C=O) groups excluding carboxylic acids is 3. The van der Waals surface area contributed by atoms with Crippen molar-refractivity contribution in [3.8, 4) is 11.6 Å². The minimum Gasteiger partial charge on any atom is -0.479 e. The zero-order valence-electron chi connectivity index (χ0n) is 29.0. The van der Waals surface area contributed by atoms with Crippen LogP contribution in [-0.2, 0) is 30.3 Å². The first kappa shape index (κ1) is 39.1. The van der Waals surface area contributed by atoms with E-state index >= 15 is 0 Å². The number of esters is 1. The second kappa shape index (κ2) is 21.7. The molecule has 0 fully saturated rings. The van der Waals surface area contributed by atoms with Gasteiger partial charge in [0, 0.05) is 38.7 Å². The summed E-state index contributed by atoms with van der Waals surface area (Å²) in [5, 5.41) is 11.6. The molecule has 2 N–H and O–H groups in total. The van der Waals surface area contributed by atoms with Crippen LogP contribution in [0.15, 0.2) is 24.3 Å². The first-order valence-corrected chi connectivity index (χ1v) is 16.8. The lowest BCUT2D eigenvalue weighted by Gasteiger charge is -2.24. The van der Waals surface area contributed by atoms with Gasteiger partial charge in [0.05, 0.1) is 12.3 Å². The molecular weight excluding hydrogens is 602 g/mol. The SMILES string of the molecule is CCCC(=N)c1nc(CC)nc(OCC(=O)N(CCCCCC(=O)COCC)c2ccc(OC(CCC)C(=O)OCC)cc2)c1NC. The number of nitrogens with one attached hydrogen (secondary N) is 2. The summed E-state index contributed by atoms with van der Waals surface area (Å²) in [6.07, 6.45) is 5.00. The topological polar surface area (TPSA) is 153 Å². The predicted octanol–water partition coefficient (Wildman–Crippen LogP) is 5.94. The van der Waals surface area contributed by atoms with Gasteiger partial charge in [-0.1, -0.05) is 40.0 Å². The zero-order valence-corrected chi connectivity index (χ0v) is 29.0. The highest BCUT2D eigenvalue weighted by Crippen LogP contribution is 2.28. The average molecular weight is 656 g/mol. The number of ether oxygens (including phenoxy) is 4. The molecule has 47 heavy (non-hydrogen) atoms. The largest absolute Gasteiger partial charge is 0.479 e. The fourth-order valence-electron chi connectivity index (χ4n) is 4.81. The fraction of sp³-hybridized carbons (Fsp3) is 0.600. The molecule has 0 radical (unpaired) electrons. The number of hydrogen-bond donors (Lipinski definition) is 2. The van der Waals surface area contributed by atoms with E-state index in [2.05, 4.69) is 15.3 Å². The van der Waals surface area contributed by atoms with Gasteiger partial charge in [-0.15, -0.1) is 0 Å². The quantitative estimate of drug-likeness (QED) is 0.0790. The highest BCUT2D eigenvalue weighted by Gasteiger charge is 2.23. The summed E-state index contributed by atoms with van der Waals surface area (Å²) in [7, 11) is 1.71. The van der Waals surface area contributed by atoms with Crippen molar-refractivity contribution in [2.75, 3.05) is 50.2 Å². The Bertz CT molecular complexity index is 1290. The van der Waals surface area contributed by atoms with Crippen molar-refractivity contribution >= 4 is 34.7 Å². The van der Waals surface area contributed by atoms with Gasteiger partial charge < -0.3 is 34.6 Å². The maximum Gasteiger partial charge on any atom is 0.347 e. The van der Waals surface area contributed by atoms with Gasteiger partial charge >= 0.3 is 5.97 Å². The van der Waals surface area contributed by atoms with Gasteiger partial charge in [0.25, 0.3) is 5.91 Å². The third-order valence-electron chi connectivity index (χ3n) is 7.24. The van der Waals surface area contributed by atoms with Gasteiger partial charge in [-0.05, 0) is 63.8 Å². The molecule has 2 aromatic rings. The summed E-state index contributed by atoms with van der Waals surface area (Å²) in [5.74, 6) is 0.614. The summed E-state index contributed by atoms with van der Waals surface area (Å²) in [6.45, 7) is 10.5. The number of benzene rings is 1. The number of unbranched alkanes of at least 4 members (excludes halogenated alkanes) is 2. The van der Waals surface area contributed by atoms with Gasteiger partial charge in [0.15, 0.2) is 18.5 Å². The molecule has 0 saturated heterocycles. The Morgan fingerprint density at radius 1 is 0.915 bits per heavy atom. The van der Waals surface area contributed by atoms with Crippen molar-refractivity contribution in [3.63, 3.8) is 0 Å². The summed E-state index contributed by atoms with van der Waals surface area (Å²) >= 11 is 0. The predicted molar refractivity (Wildman–Crippen MR) is 183 cm³/mol. The first-order valence-electron chi connectivity index (χ1n) is 16.8.